The fourth-order valence-corrected chi connectivity index (χ4v) is 1.62. The number of aryl methyl sites for hydroxylation is 1. The standard InChI is InChI=1S/C14H28N6.HI/c1-7-8-9-15-13(17-14(3,4)5)16-10-12-19-18-11(2)20(12)6;/h7-10H2,1-6H3,(H2,15,16,17);1H. The van der Waals surface area contributed by atoms with Crippen molar-refractivity contribution in [2.24, 2.45) is 12.0 Å². The highest BCUT2D eigenvalue weighted by Gasteiger charge is 2.12. The topological polar surface area (TPSA) is 67.1 Å². The van der Waals surface area contributed by atoms with Crippen molar-refractivity contribution < 1.29 is 0 Å². The van der Waals surface area contributed by atoms with E-state index in [0.29, 0.717) is 6.54 Å². The number of aliphatic imine (C=N–C) groups is 1. The molecule has 0 unspecified atom stereocenters. The van der Waals surface area contributed by atoms with E-state index in [1.54, 1.807) is 0 Å². The summed E-state index contributed by atoms with van der Waals surface area (Å²) in [7, 11) is 1.96. The van der Waals surface area contributed by atoms with E-state index in [9.17, 15) is 0 Å². The number of nitrogens with zero attached hydrogens (tertiary/aromatic N) is 4. The van der Waals surface area contributed by atoms with Gasteiger partial charge in [0.15, 0.2) is 11.8 Å². The van der Waals surface area contributed by atoms with Crippen LogP contribution >= 0.6 is 24.0 Å². The fraction of sp³-hybridized carbons (Fsp3) is 0.786. The third-order valence-corrected chi connectivity index (χ3v) is 2.88. The number of rotatable bonds is 5. The number of guanidine groups is 1. The van der Waals surface area contributed by atoms with Gasteiger partial charge in [-0.1, -0.05) is 13.3 Å². The van der Waals surface area contributed by atoms with Gasteiger partial charge in [-0.05, 0) is 34.1 Å². The molecular weight excluding hydrogens is 379 g/mol. The zero-order chi connectivity index (χ0) is 15.2. The van der Waals surface area contributed by atoms with Crippen molar-refractivity contribution in [3.63, 3.8) is 0 Å². The number of nitrogens with one attached hydrogen (secondary N) is 2. The minimum Gasteiger partial charge on any atom is -0.356 e. The van der Waals surface area contributed by atoms with Crippen molar-refractivity contribution in [2.45, 2.75) is 59.5 Å². The molecule has 0 bridgehead atoms. The van der Waals surface area contributed by atoms with Crippen molar-refractivity contribution in [1.82, 2.24) is 25.4 Å². The fourth-order valence-electron chi connectivity index (χ4n) is 1.62. The third kappa shape index (κ3) is 7.63. The van der Waals surface area contributed by atoms with Crippen LogP contribution in [-0.2, 0) is 13.6 Å². The summed E-state index contributed by atoms with van der Waals surface area (Å²) in [6, 6.07) is 0. The summed E-state index contributed by atoms with van der Waals surface area (Å²) in [5.74, 6) is 2.60. The van der Waals surface area contributed by atoms with Crippen LogP contribution in [0.2, 0.25) is 0 Å². The Kier molecular flexibility index (Phi) is 8.84. The lowest BCUT2D eigenvalue weighted by atomic mass is 10.1. The molecule has 1 rings (SSSR count). The van der Waals surface area contributed by atoms with E-state index in [0.717, 1.165) is 37.0 Å². The first-order valence-corrected chi connectivity index (χ1v) is 7.25. The Bertz CT molecular complexity index is 447. The summed E-state index contributed by atoms with van der Waals surface area (Å²) in [5.41, 5.74) is -0.0200. The van der Waals surface area contributed by atoms with E-state index in [4.69, 9.17) is 0 Å². The molecule has 7 heteroatoms. The molecule has 6 nitrogen and oxygen atoms in total. The lowest BCUT2D eigenvalue weighted by Gasteiger charge is -2.24. The molecule has 0 saturated heterocycles. The number of halogens is 1. The van der Waals surface area contributed by atoms with E-state index in [1.165, 1.54) is 0 Å². The van der Waals surface area contributed by atoms with Gasteiger partial charge >= 0.3 is 0 Å². The molecule has 0 atom stereocenters. The van der Waals surface area contributed by atoms with E-state index < -0.39 is 0 Å². The van der Waals surface area contributed by atoms with Crippen LogP contribution in [0.1, 0.15) is 52.2 Å². The molecule has 1 aromatic rings. The van der Waals surface area contributed by atoms with Gasteiger partial charge in [-0.25, -0.2) is 4.99 Å². The molecule has 21 heavy (non-hydrogen) atoms. The zero-order valence-electron chi connectivity index (χ0n) is 14.0. The summed E-state index contributed by atoms with van der Waals surface area (Å²) in [5, 5.41) is 14.9. The molecular formula is C14H29IN6. The Morgan fingerprint density at radius 3 is 2.43 bits per heavy atom. The first-order chi connectivity index (χ1) is 9.33. The van der Waals surface area contributed by atoms with Gasteiger partial charge < -0.3 is 15.2 Å². The lowest BCUT2D eigenvalue weighted by Crippen LogP contribution is -2.47. The van der Waals surface area contributed by atoms with Crippen molar-refractivity contribution in [3.8, 4) is 0 Å². The molecule has 122 valence electrons. The van der Waals surface area contributed by atoms with Gasteiger partial charge in [-0.3, -0.25) is 0 Å². The highest BCUT2D eigenvalue weighted by molar-refractivity contribution is 14.0. The van der Waals surface area contributed by atoms with Gasteiger partial charge in [0.25, 0.3) is 0 Å². The maximum atomic E-state index is 4.60. The second-order valence-corrected chi connectivity index (χ2v) is 6.04. The Hall–Kier alpha value is -0.860. The summed E-state index contributed by atoms with van der Waals surface area (Å²) in [4.78, 5) is 4.60. The van der Waals surface area contributed by atoms with Crippen molar-refractivity contribution in [1.29, 1.82) is 0 Å². The number of hydrogen-bond acceptors (Lipinski definition) is 3. The Morgan fingerprint density at radius 2 is 1.95 bits per heavy atom. The Balaban J connectivity index is 0.00000400. The van der Waals surface area contributed by atoms with Crippen LogP contribution in [0.3, 0.4) is 0 Å². The molecule has 0 saturated carbocycles. The van der Waals surface area contributed by atoms with E-state index >= 15 is 0 Å². The van der Waals surface area contributed by atoms with E-state index in [-0.39, 0.29) is 29.5 Å². The average molecular weight is 408 g/mol. The summed E-state index contributed by atoms with van der Waals surface area (Å²) in [6.07, 6.45) is 2.30. The number of hydrogen-bond donors (Lipinski definition) is 2. The summed E-state index contributed by atoms with van der Waals surface area (Å²) >= 11 is 0. The number of unbranched alkanes of at least 4 members (excludes halogenated alkanes) is 1. The third-order valence-electron chi connectivity index (χ3n) is 2.88. The summed E-state index contributed by atoms with van der Waals surface area (Å²) in [6.45, 7) is 11.9. The zero-order valence-corrected chi connectivity index (χ0v) is 16.4. The maximum absolute atomic E-state index is 4.60. The maximum Gasteiger partial charge on any atom is 0.192 e. The van der Waals surface area contributed by atoms with Gasteiger partial charge in [0.1, 0.15) is 12.4 Å². The van der Waals surface area contributed by atoms with Gasteiger partial charge in [0.2, 0.25) is 0 Å². The average Bonchev–Trinajstić information content (AvgIpc) is 2.65. The smallest absolute Gasteiger partial charge is 0.192 e. The first-order valence-electron chi connectivity index (χ1n) is 7.25. The quantitative estimate of drug-likeness (QED) is 0.340. The molecule has 2 N–H and O–H groups in total. The van der Waals surface area contributed by atoms with Crippen LogP contribution in [0.4, 0.5) is 0 Å². The second-order valence-electron chi connectivity index (χ2n) is 6.04. The Labute approximate surface area is 145 Å². The van der Waals surface area contributed by atoms with Crippen molar-refractivity contribution in [3.05, 3.63) is 11.6 Å². The highest BCUT2D eigenvalue weighted by Crippen LogP contribution is 2.01. The van der Waals surface area contributed by atoms with Gasteiger partial charge in [0, 0.05) is 19.1 Å². The highest BCUT2D eigenvalue weighted by atomic mass is 127. The van der Waals surface area contributed by atoms with Gasteiger partial charge in [-0.2, -0.15) is 0 Å². The van der Waals surface area contributed by atoms with E-state index in [2.05, 4.69) is 53.5 Å². The largest absolute Gasteiger partial charge is 0.356 e. The van der Waals surface area contributed by atoms with E-state index in [1.807, 2.05) is 18.5 Å². The van der Waals surface area contributed by atoms with Crippen LogP contribution in [0.25, 0.3) is 0 Å². The number of aromatic nitrogens is 3. The van der Waals surface area contributed by atoms with Crippen LogP contribution in [-0.4, -0.2) is 32.8 Å². The Morgan fingerprint density at radius 1 is 1.29 bits per heavy atom. The monoisotopic (exact) mass is 408 g/mol. The van der Waals surface area contributed by atoms with Crippen LogP contribution < -0.4 is 10.6 Å². The lowest BCUT2D eigenvalue weighted by molar-refractivity contribution is 0.499. The van der Waals surface area contributed by atoms with Crippen molar-refractivity contribution >= 4 is 29.9 Å². The van der Waals surface area contributed by atoms with Crippen LogP contribution in [0, 0.1) is 6.92 Å². The molecule has 0 aliphatic carbocycles. The molecule has 0 radical (unpaired) electrons. The molecule has 0 fully saturated rings. The minimum absolute atomic E-state index is 0. The molecule has 0 aromatic carbocycles. The second kappa shape index (κ2) is 9.22. The minimum atomic E-state index is -0.0200. The molecule has 0 aliphatic rings. The first kappa shape index (κ1) is 20.1. The molecule has 0 aliphatic heterocycles. The van der Waals surface area contributed by atoms with Crippen LogP contribution in [0.15, 0.2) is 4.99 Å². The van der Waals surface area contributed by atoms with Gasteiger partial charge in [0.05, 0.1) is 0 Å². The van der Waals surface area contributed by atoms with Gasteiger partial charge in [-0.15, -0.1) is 34.2 Å². The predicted octanol–water partition coefficient (Wildman–Crippen LogP) is 2.38. The molecule has 1 heterocycles. The predicted molar refractivity (Wildman–Crippen MR) is 98.1 cm³/mol. The molecule has 1 aromatic heterocycles. The SMILES string of the molecule is CCCCNC(=NCc1nnc(C)n1C)NC(C)(C)C.I. The summed E-state index contributed by atoms with van der Waals surface area (Å²) < 4.78 is 1.96. The normalized spacial score (nSPS) is 12.0. The van der Waals surface area contributed by atoms with Crippen molar-refractivity contribution in [2.75, 3.05) is 6.54 Å². The van der Waals surface area contributed by atoms with Crippen LogP contribution in [0.5, 0.6) is 0 Å². The molecule has 0 spiro atoms. The molecule has 0 amide bonds.